The van der Waals surface area contributed by atoms with E-state index in [2.05, 4.69) is 28.6 Å². The number of aromatic nitrogens is 4. The molecule has 2 aliphatic rings. The van der Waals surface area contributed by atoms with Crippen molar-refractivity contribution in [2.45, 2.75) is 39.5 Å². The Morgan fingerprint density at radius 3 is 2.93 bits per heavy atom. The lowest BCUT2D eigenvalue weighted by molar-refractivity contribution is 0.170. The van der Waals surface area contributed by atoms with Gasteiger partial charge >= 0.3 is 5.69 Å². The lowest BCUT2D eigenvalue weighted by Crippen LogP contribution is -2.30. The van der Waals surface area contributed by atoms with Gasteiger partial charge < -0.3 is 19.0 Å². The number of hydrogen-bond donors (Lipinski definition) is 1. The van der Waals surface area contributed by atoms with Gasteiger partial charge in [-0.25, -0.2) is 9.78 Å². The molecule has 0 bridgehead atoms. The number of hydrogen-bond acceptors (Lipinski definition) is 4. The maximum Gasteiger partial charge on any atom is 0.326 e. The second-order valence-electron chi connectivity index (χ2n) is 7.76. The molecule has 0 radical (unpaired) electrons. The van der Waals surface area contributed by atoms with E-state index in [1.165, 1.54) is 0 Å². The van der Waals surface area contributed by atoms with Gasteiger partial charge in [-0.3, -0.25) is 4.57 Å². The number of aryl methyl sites for hydroxylation is 2. The Kier molecular flexibility index (Phi) is 3.05. The minimum atomic E-state index is -0.0774. The highest BCUT2D eigenvalue weighted by atomic mass is 16.5. The first-order valence-electron chi connectivity index (χ1n) is 9.59. The van der Waals surface area contributed by atoms with Crippen LogP contribution in [0.5, 0.6) is 11.5 Å². The molecule has 0 fully saturated rings. The van der Waals surface area contributed by atoms with Crippen LogP contribution in [0.3, 0.4) is 0 Å². The van der Waals surface area contributed by atoms with Crippen LogP contribution in [0.1, 0.15) is 17.0 Å². The number of benzene rings is 2. The number of ether oxygens (including phenoxy) is 2. The van der Waals surface area contributed by atoms with E-state index in [0.29, 0.717) is 13.2 Å². The van der Waals surface area contributed by atoms with Crippen LogP contribution in [0.4, 0.5) is 0 Å². The third kappa shape index (κ3) is 2.16. The molecule has 142 valence electrons. The summed E-state index contributed by atoms with van der Waals surface area (Å²) in [5.41, 5.74) is 5.91. The Morgan fingerprint density at radius 2 is 2.04 bits per heavy atom. The van der Waals surface area contributed by atoms with E-state index in [4.69, 9.17) is 14.5 Å². The third-order valence-corrected chi connectivity index (χ3v) is 5.75. The van der Waals surface area contributed by atoms with Crippen LogP contribution in [0, 0.1) is 13.8 Å². The lowest BCUT2D eigenvalue weighted by atomic mass is 10.0. The van der Waals surface area contributed by atoms with Gasteiger partial charge in [0.15, 0.2) is 0 Å². The van der Waals surface area contributed by atoms with Crippen molar-refractivity contribution in [1.29, 1.82) is 0 Å². The Morgan fingerprint density at radius 1 is 1.14 bits per heavy atom. The summed E-state index contributed by atoms with van der Waals surface area (Å²) in [4.78, 5) is 19.8. The zero-order chi connectivity index (χ0) is 19.0. The predicted octanol–water partition coefficient (Wildman–Crippen LogP) is 2.69. The molecule has 4 aromatic rings. The normalized spacial score (nSPS) is 17.7. The number of imidazole rings is 2. The van der Waals surface area contributed by atoms with Crippen LogP contribution in [-0.4, -0.2) is 31.8 Å². The minimum absolute atomic E-state index is 0.00699. The second kappa shape index (κ2) is 5.41. The maximum atomic E-state index is 12.2. The Hall–Kier alpha value is -3.22. The summed E-state index contributed by atoms with van der Waals surface area (Å²) in [5.74, 6) is 2.67. The molecular weight excluding hydrogens is 356 g/mol. The number of rotatable bonds is 2. The van der Waals surface area contributed by atoms with Gasteiger partial charge in [0.25, 0.3) is 0 Å². The van der Waals surface area contributed by atoms with Crippen molar-refractivity contribution < 1.29 is 9.47 Å². The van der Waals surface area contributed by atoms with Crippen LogP contribution in [0.15, 0.2) is 29.1 Å². The molecule has 7 nitrogen and oxygen atoms in total. The van der Waals surface area contributed by atoms with Crippen molar-refractivity contribution in [3.63, 3.8) is 0 Å². The van der Waals surface area contributed by atoms with Gasteiger partial charge in [-0.1, -0.05) is 0 Å². The number of nitrogens with one attached hydrogen (secondary N) is 1. The topological polar surface area (TPSA) is 74.1 Å². The Labute approximate surface area is 160 Å². The highest BCUT2D eigenvalue weighted by Crippen LogP contribution is 2.35. The van der Waals surface area contributed by atoms with Crippen molar-refractivity contribution in [3.05, 3.63) is 51.7 Å². The predicted molar refractivity (Wildman–Crippen MR) is 105 cm³/mol. The number of H-pyrrole nitrogens is 1. The molecule has 1 atom stereocenters. The molecule has 2 aromatic carbocycles. The smallest absolute Gasteiger partial charge is 0.326 e. The van der Waals surface area contributed by atoms with E-state index < -0.39 is 0 Å². The zero-order valence-electron chi connectivity index (χ0n) is 15.8. The Balaban J connectivity index is 1.39. The third-order valence-electron chi connectivity index (χ3n) is 5.75. The van der Waals surface area contributed by atoms with Crippen LogP contribution >= 0.6 is 0 Å². The average Bonchev–Trinajstić information content (AvgIpc) is 3.14. The number of aromatic amines is 1. The standard InChI is InChI=1S/C21H20N4O3/c1-11-5-15-20-18(6-11)28-14(10-25(20)12(2)22-15)7-13-8-16-19-17(9-13)27-4-3-24(19)21(26)23-16/h5-6,8-9,14H,3-4,7,10H2,1-2H3,(H,23,26). The van der Waals surface area contributed by atoms with E-state index in [9.17, 15) is 4.79 Å². The molecule has 28 heavy (non-hydrogen) atoms. The van der Waals surface area contributed by atoms with Gasteiger partial charge in [-0.05, 0) is 49.2 Å². The summed E-state index contributed by atoms with van der Waals surface area (Å²) in [6.45, 7) is 5.96. The van der Waals surface area contributed by atoms with Gasteiger partial charge in [0.2, 0.25) is 0 Å². The average molecular weight is 376 g/mol. The first-order valence-corrected chi connectivity index (χ1v) is 9.59. The summed E-state index contributed by atoms with van der Waals surface area (Å²) < 4.78 is 16.2. The fraction of sp³-hybridized carbons (Fsp3) is 0.333. The van der Waals surface area contributed by atoms with Crippen LogP contribution in [-0.2, 0) is 19.5 Å². The van der Waals surface area contributed by atoms with Crippen molar-refractivity contribution in [2.75, 3.05) is 6.61 Å². The molecule has 0 aliphatic carbocycles. The molecule has 2 aromatic heterocycles. The molecule has 6 rings (SSSR count). The fourth-order valence-electron chi connectivity index (χ4n) is 4.59. The van der Waals surface area contributed by atoms with E-state index in [-0.39, 0.29) is 11.8 Å². The van der Waals surface area contributed by atoms with Crippen molar-refractivity contribution in [3.8, 4) is 11.5 Å². The molecule has 0 amide bonds. The molecule has 1 N–H and O–H groups in total. The molecule has 0 saturated carbocycles. The largest absolute Gasteiger partial charge is 0.489 e. The monoisotopic (exact) mass is 376 g/mol. The minimum Gasteiger partial charge on any atom is -0.489 e. The Bertz CT molecular complexity index is 1330. The second-order valence-corrected chi connectivity index (χ2v) is 7.76. The van der Waals surface area contributed by atoms with Gasteiger partial charge in [-0.15, -0.1) is 0 Å². The van der Waals surface area contributed by atoms with Crippen LogP contribution in [0.2, 0.25) is 0 Å². The van der Waals surface area contributed by atoms with Gasteiger partial charge in [0.05, 0.1) is 24.1 Å². The lowest BCUT2D eigenvalue weighted by Gasteiger charge is -2.27. The van der Waals surface area contributed by atoms with Crippen molar-refractivity contribution in [2.24, 2.45) is 0 Å². The highest BCUT2D eigenvalue weighted by molar-refractivity contribution is 5.85. The highest BCUT2D eigenvalue weighted by Gasteiger charge is 2.26. The molecule has 0 spiro atoms. The first kappa shape index (κ1) is 15.8. The fourth-order valence-corrected chi connectivity index (χ4v) is 4.59. The van der Waals surface area contributed by atoms with E-state index in [1.54, 1.807) is 4.57 Å². The summed E-state index contributed by atoms with van der Waals surface area (Å²) in [5, 5.41) is 0. The van der Waals surface area contributed by atoms with Crippen molar-refractivity contribution >= 4 is 22.1 Å². The summed E-state index contributed by atoms with van der Waals surface area (Å²) in [6.07, 6.45) is 0.721. The van der Waals surface area contributed by atoms with Gasteiger partial charge in [0.1, 0.15) is 41.1 Å². The molecule has 1 unspecified atom stereocenters. The summed E-state index contributed by atoms with van der Waals surface area (Å²) in [6, 6.07) is 8.26. The zero-order valence-corrected chi connectivity index (χ0v) is 15.8. The molecule has 2 aliphatic heterocycles. The van der Waals surface area contributed by atoms with E-state index in [1.807, 2.05) is 19.1 Å². The van der Waals surface area contributed by atoms with Gasteiger partial charge in [-0.2, -0.15) is 0 Å². The number of nitrogens with zero attached hydrogens (tertiary/aromatic N) is 3. The van der Waals surface area contributed by atoms with Crippen LogP contribution < -0.4 is 15.2 Å². The molecule has 7 heteroatoms. The van der Waals surface area contributed by atoms with E-state index >= 15 is 0 Å². The quantitative estimate of drug-likeness (QED) is 0.584. The van der Waals surface area contributed by atoms with Gasteiger partial charge in [0, 0.05) is 6.42 Å². The van der Waals surface area contributed by atoms with E-state index in [0.717, 1.165) is 63.5 Å². The first-order chi connectivity index (χ1) is 13.6. The van der Waals surface area contributed by atoms with Crippen LogP contribution in [0.25, 0.3) is 22.1 Å². The molecule has 4 heterocycles. The SMILES string of the molecule is Cc1cc2c3c(c1)nc(C)n3CC(Cc1cc3c4c(c1)[nH]c(=O)n4CCO3)O2. The molecular formula is C21H20N4O3. The van der Waals surface area contributed by atoms with Crippen molar-refractivity contribution in [1.82, 2.24) is 19.1 Å². The summed E-state index contributed by atoms with van der Waals surface area (Å²) >= 11 is 0. The molecule has 0 saturated heterocycles. The summed E-state index contributed by atoms with van der Waals surface area (Å²) in [7, 11) is 0. The maximum absolute atomic E-state index is 12.2.